The number of hydrogen-bond donors (Lipinski definition) is 1. The van der Waals surface area contributed by atoms with Crippen LogP contribution in [-0.4, -0.2) is 39.9 Å². The van der Waals surface area contributed by atoms with E-state index in [0.29, 0.717) is 36.5 Å². The molecule has 0 spiro atoms. The molecule has 6 heteroatoms. The molecule has 0 bridgehead atoms. The third-order valence-electron chi connectivity index (χ3n) is 6.32. The van der Waals surface area contributed by atoms with Crippen LogP contribution in [0.25, 0.3) is 0 Å². The molecule has 0 aliphatic carbocycles. The van der Waals surface area contributed by atoms with Crippen molar-refractivity contribution in [3.63, 3.8) is 0 Å². The summed E-state index contributed by atoms with van der Waals surface area (Å²) in [4.78, 5) is 27.8. The number of carbonyl (C=O) groups excluding carboxylic acids is 1. The molecule has 2 aliphatic heterocycles. The number of aryl methyl sites for hydroxylation is 1. The lowest BCUT2D eigenvalue weighted by Crippen LogP contribution is -2.39. The Morgan fingerprint density at radius 1 is 1.07 bits per heavy atom. The van der Waals surface area contributed by atoms with Gasteiger partial charge in [0.1, 0.15) is 0 Å². The normalized spacial score (nSPS) is 17.2. The first-order valence-corrected chi connectivity index (χ1v) is 11.0. The van der Waals surface area contributed by atoms with Crippen LogP contribution < -0.4 is 0 Å². The van der Waals surface area contributed by atoms with E-state index in [4.69, 9.17) is 16.7 Å². The molecule has 1 N–H and O–H groups in total. The molecule has 2 aromatic carbocycles. The lowest BCUT2D eigenvalue weighted by atomic mass is 9.88. The SMILES string of the molecule is CCc1ccc(CN2Cc3cc(C(=O)C4CCN(C(=O)O)CC4)cc(Cl)c3C2)cc1. The smallest absolute Gasteiger partial charge is 0.407 e. The first-order chi connectivity index (χ1) is 14.4. The minimum atomic E-state index is -0.911. The maximum atomic E-state index is 13.0. The van der Waals surface area contributed by atoms with Crippen molar-refractivity contribution in [1.82, 2.24) is 9.80 Å². The number of carboxylic acid groups (broad SMARTS) is 1. The molecule has 5 nitrogen and oxygen atoms in total. The van der Waals surface area contributed by atoms with Crippen LogP contribution in [0.3, 0.4) is 0 Å². The van der Waals surface area contributed by atoms with E-state index >= 15 is 0 Å². The molecule has 0 radical (unpaired) electrons. The average Bonchev–Trinajstić information content (AvgIpc) is 3.17. The van der Waals surface area contributed by atoms with Crippen LogP contribution in [0.1, 0.15) is 52.4 Å². The molecular weight excluding hydrogens is 400 g/mol. The Hall–Kier alpha value is -2.37. The third kappa shape index (κ3) is 4.37. The third-order valence-corrected chi connectivity index (χ3v) is 6.66. The Morgan fingerprint density at radius 3 is 2.37 bits per heavy atom. The van der Waals surface area contributed by atoms with Crippen molar-refractivity contribution in [1.29, 1.82) is 0 Å². The molecular formula is C24H27ClN2O3. The summed E-state index contributed by atoms with van der Waals surface area (Å²) >= 11 is 6.57. The molecule has 1 amide bonds. The van der Waals surface area contributed by atoms with Gasteiger partial charge in [0.15, 0.2) is 5.78 Å². The number of likely N-dealkylation sites (tertiary alicyclic amines) is 1. The Kier molecular flexibility index (Phi) is 6.11. The summed E-state index contributed by atoms with van der Waals surface area (Å²) in [6, 6.07) is 12.5. The number of fused-ring (bicyclic) bond motifs is 1. The van der Waals surface area contributed by atoms with Crippen molar-refractivity contribution in [2.24, 2.45) is 5.92 Å². The predicted octanol–water partition coefficient (Wildman–Crippen LogP) is 4.99. The number of Topliss-reactive ketones (excluding diaryl/α,β-unsaturated/α-hetero) is 1. The number of rotatable bonds is 5. The maximum absolute atomic E-state index is 13.0. The van der Waals surface area contributed by atoms with Crippen LogP contribution in [-0.2, 0) is 26.1 Å². The van der Waals surface area contributed by atoms with Gasteiger partial charge in [0.25, 0.3) is 0 Å². The Bertz CT molecular complexity index is 950. The van der Waals surface area contributed by atoms with Crippen LogP contribution in [0.2, 0.25) is 5.02 Å². The summed E-state index contributed by atoms with van der Waals surface area (Å²) in [5.74, 6) is -0.0531. The number of hydrogen-bond acceptors (Lipinski definition) is 3. The van der Waals surface area contributed by atoms with Gasteiger partial charge in [-0.2, -0.15) is 0 Å². The van der Waals surface area contributed by atoms with E-state index in [1.807, 2.05) is 6.07 Å². The highest BCUT2D eigenvalue weighted by atomic mass is 35.5. The molecule has 2 aromatic rings. The van der Waals surface area contributed by atoms with E-state index in [-0.39, 0.29) is 11.7 Å². The van der Waals surface area contributed by atoms with Gasteiger partial charge < -0.3 is 10.0 Å². The van der Waals surface area contributed by atoms with Crippen LogP contribution in [0, 0.1) is 5.92 Å². The summed E-state index contributed by atoms with van der Waals surface area (Å²) in [6.45, 7) is 5.40. The molecule has 0 unspecified atom stereocenters. The summed E-state index contributed by atoms with van der Waals surface area (Å²) < 4.78 is 0. The van der Waals surface area contributed by atoms with Crippen molar-refractivity contribution in [2.45, 2.75) is 45.8 Å². The van der Waals surface area contributed by atoms with Gasteiger partial charge in [0, 0.05) is 49.2 Å². The largest absolute Gasteiger partial charge is 0.465 e. The van der Waals surface area contributed by atoms with Gasteiger partial charge in [-0.05, 0) is 53.6 Å². The van der Waals surface area contributed by atoms with Gasteiger partial charge in [-0.15, -0.1) is 0 Å². The van der Waals surface area contributed by atoms with E-state index in [1.54, 1.807) is 6.07 Å². The molecule has 0 saturated carbocycles. The highest BCUT2D eigenvalue weighted by Gasteiger charge is 2.30. The first kappa shape index (κ1) is 20.9. The minimum absolute atomic E-state index is 0.0818. The highest BCUT2D eigenvalue weighted by Crippen LogP contribution is 2.33. The Morgan fingerprint density at radius 2 is 1.73 bits per heavy atom. The van der Waals surface area contributed by atoms with E-state index < -0.39 is 6.09 Å². The van der Waals surface area contributed by atoms with Gasteiger partial charge in [0.2, 0.25) is 0 Å². The van der Waals surface area contributed by atoms with Gasteiger partial charge in [-0.3, -0.25) is 9.69 Å². The zero-order valence-corrected chi connectivity index (χ0v) is 18.0. The molecule has 0 atom stereocenters. The lowest BCUT2D eigenvalue weighted by Gasteiger charge is -2.29. The topological polar surface area (TPSA) is 60.9 Å². The predicted molar refractivity (Wildman–Crippen MR) is 117 cm³/mol. The molecule has 158 valence electrons. The van der Waals surface area contributed by atoms with E-state index in [1.165, 1.54) is 16.0 Å². The lowest BCUT2D eigenvalue weighted by molar-refractivity contribution is 0.0821. The fraction of sp³-hybridized carbons (Fsp3) is 0.417. The number of amides is 1. The van der Waals surface area contributed by atoms with Gasteiger partial charge in [-0.25, -0.2) is 4.79 Å². The zero-order chi connectivity index (χ0) is 21.3. The summed E-state index contributed by atoms with van der Waals surface area (Å²) in [7, 11) is 0. The summed E-state index contributed by atoms with van der Waals surface area (Å²) in [5.41, 5.74) is 5.50. The Balaban J connectivity index is 1.43. The zero-order valence-electron chi connectivity index (χ0n) is 17.2. The second-order valence-corrected chi connectivity index (χ2v) is 8.73. The second-order valence-electron chi connectivity index (χ2n) is 8.32. The van der Waals surface area contributed by atoms with E-state index in [2.05, 4.69) is 36.1 Å². The number of halogens is 1. The van der Waals surface area contributed by atoms with Crippen LogP contribution in [0.5, 0.6) is 0 Å². The second kappa shape index (κ2) is 8.78. The number of piperidine rings is 1. The molecule has 1 fully saturated rings. The molecule has 0 aromatic heterocycles. The molecule has 2 heterocycles. The van der Waals surface area contributed by atoms with Crippen molar-refractivity contribution >= 4 is 23.5 Å². The fourth-order valence-corrected chi connectivity index (χ4v) is 4.79. The molecule has 30 heavy (non-hydrogen) atoms. The van der Waals surface area contributed by atoms with E-state index in [9.17, 15) is 9.59 Å². The van der Waals surface area contributed by atoms with E-state index in [0.717, 1.165) is 37.2 Å². The van der Waals surface area contributed by atoms with Gasteiger partial charge in [-0.1, -0.05) is 42.8 Å². The first-order valence-electron chi connectivity index (χ1n) is 10.6. The van der Waals surface area contributed by atoms with Crippen molar-refractivity contribution in [2.75, 3.05) is 13.1 Å². The van der Waals surface area contributed by atoms with Crippen LogP contribution in [0.4, 0.5) is 4.79 Å². The Labute approximate surface area is 182 Å². The summed E-state index contributed by atoms with van der Waals surface area (Å²) in [5, 5.41) is 9.75. The van der Waals surface area contributed by atoms with Gasteiger partial charge >= 0.3 is 6.09 Å². The van der Waals surface area contributed by atoms with Crippen molar-refractivity contribution < 1.29 is 14.7 Å². The highest BCUT2D eigenvalue weighted by molar-refractivity contribution is 6.32. The molecule has 2 aliphatic rings. The minimum Gasteiger partial charge on any atom is -0.465 e. The number of nitrogens with zero attached hydrogens (tertiary/aromatic N) is 2. The molecule has 1 saturated heterocycles. The summed E-state index contributed by atoms with van der Waals surface area (Å²) in [6.07, 6.45) is 1.27. The van der Waals surface area contributed by atoms with Crippen LogP contribution in [0.15, 0.2) is 36.4 Å². The fourth-order valence-electron chi connectivity index (χ4n) is 4.49. The molecule has 4 rings (SSSR count). The van der Waals surface area contributed by atoms with Crippen molar-refractivity contribution in [3.05, 3.63) is 69.2 Å². The standard InChI is InChI=1S/C24H27ClN2O3/c1-2-16-3-5-17(6-4-16)13-26-14-20-11-19(12-22(25)21(20)15-26)23(28)18-7-9-27(10-8-18)24(29)30/h3-6,11-12,18H,2,7-10,13-15H2,1H3,(H,29,30). The number of ketones is 1. The average molecular weight is 427 g/mol. The number of carbonyl (C=O) groups is 2. The van der Waals surface area contributed by atoms with Crippen LogP contribution >= 0.6 is 11.6 Å². The maximum Gasteiger partial charge on any atom is 0.407 e. The van der Waals surface area contributed by atoms with Gasteiger partial charge in [0.05, 0.1) is 0 Å². The monoisotopic (exact) mass is 426 g/mol. The number of benzene rings is 2. The van der Waals surface area contributed by atoms with Crippen molar-refractivity contribution in [3.8, 4) is 0 Å². The quantitative estimate of drug-likeness (QED) is 0.684.